The van der Waals surface area contributed by atoms with Gasteiger partial charge in [-0.1, -0.05) is 24.3 Å². The molecular formula is C25H19NO6S. The second-order valence-electron chi connectivity index (χ2n) is 7.07. The highest BCUT2D eigenvalue weighted by atomic mass is 32.1. The lowest BCUT2D eigenvalue weighted by Crippen LogP contribution is -2.08. The normalized spacial score (nSPS) is 16.9. The summed E-state index contributed by atoms with van der Waals surface area (Å²) in [6, 6.07) is 14.8. The van der Waals surface area contributed by atoms with Crippen molar-refractivity contribution in [3.05, 3.63) is 81.7 Å². The number of esters is 1. The molecule has 0 atom stereocenters. The minimum absolute atomic E-state index is 0.221. The Morgan fingerprint density at radius 2 is 1.67 bits per heavy atom. The van der Waals surface area contributed by atoms with Crippen LogP contribution in [0, 0.1) is 0 Å². The Hall–Kier alpha value is -4.04. The number of hydrogen-bond acceptors (Lipinski definition) is 8. The van der Waals surface area contributed by atoms with Gasteiger partial charge in [0, 0.05) is 16.7 Å². The number of cyclic esters (lactones) is 1. The van der Waals surface area contributed by atoms with Gasteiger partial charge in [0.2, 0.25) is 11.6 Å². The van der Waals surface area contributed by atoms with Gasteiger partial charge in [0.25, 0.3) is 0 Å². The van der Waals surface area contributed by atoms with Crippen molar-refractivity contribution in [1.82, 2.24) is 0 Å². The summed E-state index contributed by atoms with van der Waals surface area (Å²) >= 11 is 1.46. The van der Waals surface area contributed by atoms with Crippen LogP contribution in [-0.2, 0) is 9.53 Å². The maximum atomic E-state index is 12.8. The van der Waals surface area contributed by atoms with Crippen LogP contribution >= 0.6 is 11.3 Å². The molecule has 0 radical (unpaired) electrons. The lowest BCUT2D eigenvalue weighted by Gasteiger charge is -2.22. The summed E-state index contributed by atoms with van der Waals surface area (Å²) < 4.78 is 28.1. The van der Waals surface area contributed by atoms with Gasteiger partial charge < -0.3 is 23.7 Å². The summed E-state index contributed by atoms with van der Waals surface area (Å²) in [5.74, 6) is 2.34. The molecule has 0 bridgehead atoms. The zero-order valence-corrected chi connectivity index (χ0v) is 18.9. The average Bonchev–Trinajstić information content (AvgIpc) is 3.52. The number of hydrogen-bond donors (Lipinski definition) is 0. The number of thiophene rings is 1. The molecule has 5 rings (SSSR count). The molecule has 8 heteroatoms. The maximum absolute atomic E-state index is 12.8. The van der Waals surface area contributed by atoms with Crippen LogP contribution in [0.1, 0.15) is 16.0 Å². The van der Waals surface area contributed by atoms with Gasteiger partial charge in [0.15, 0.2) is 17.2 Å². The Bertz CT molecular complexity index is 1310. The van der Waals surface area contributed by atoms with Crippen LogP contribution in [0.15, 0.2) is 70.7 Å². The molecule has 33 heavy (non-hydrogen) atoms. The van der Waals surface area contributed by atoms with E-state index in [1.54, 1.807) is 39.5 Å². The number of fused-ring (bicyclic) bond motifs is 1. The standard InChI is InChI=1S/C25H19NO6S/c1-28-19-11-14(12-20(29-2)23(19)30-3)18-13-16(15-7-4-5-8-17(15)31-18)22-25(27)32-24(26-22)21-9-6-10-33-21/h4-13H,1-3H3/b22-16-. The molecule has 2 aromatic carbocycles. The number of aliphatic imine (C=N–C) groups is 1. The van der Waals surface area contributed by atoms with E-state index in [0.29, 0.717) is 45.8 Å². The Labute approximate surface area is 194 Å². The summed E-state index contributed by atoms with van der Waals surface area (Å²) in [6.07, 6.45) is 1.78. The van der Waals surface area contributed by atoms with Crippen molar-refractivity contribution in [1.29, 1.82) is 0 Å². The van der Waals surface area contributed by atoms with E-state index in [0.717, 1.165) is 10.4 Å². The van der Waals surface area contributed by atoms with Gasteiger partial charge in [0.05, 0.1) is 26.2 Å². The minimum atomic E-state index is -0.509. The number of ether oxygens (including phenoxy) is 5. The van der Waals surface area contributed by atoms with E-state index in [2.05, 4.69) is 4.99 Å². The monoisotopic (exact) mass is 461 g/mol. The van der Waals surface area contributed by atoms with Gasteiger partial charge in [-0.2, -0.15) is 0 Å². The Morgan fingerprint density at radius 1 is 0.909 bits per heavy atom. The first kappa shape index (κ1) is 20.8. The van der Waals surface area contributed by atoms with Gasteiger partial charge in [-0.05, 0) is 35.7 Å². The SMILES string of the molecule is COc1cc(C2=C/C(=C3/N=C(c4cccs4)OC3=O)c3ccccc3O2)cc(OC)c1OC. The third-order valence-electron chi connectivity index (χ3n) is 5.20. The van der Waals surface area contributed by atoms with Crippen molar-refractivity contribution < 1.29 is 28.5 Å². The predicted molar refractivity (Wildman–Crippen MR) is 125 cm³/mol. The Morgan fingerprint density at radius 3 is 2.33 bits per heavy atom. The second-order valence-corrected chi connectivity index (χ2v) is 8.01. The highest BCUT2D eigenvalue weighted by molar-refractivity contribution is 7.12. The van der Waals surface area contributed by atoms with E-state index in [1.807, 2.05) is 41.8 Å². The van der Waals surface area contributed by atoms with Gasteiger partial charge in [-0.3, -0.25) is 0 Å². The van der Waals surface area contributed by atoms with Crippen molar-refractivity contribution in [3.8, 4) is 23.0 Å². The summed E-state index contributed by atoms with van der Waals surface area (Å²) in [7, 11) is 4.65. The number of carbonyl (C=O) groups excluding carboxylic acids is 1. The zero-order valence-electron chi connectivity index (χ0n) is 18.1. The highest BCUT2D eigenvalue weighted by Crippen LogP contribution is 2.44. The fourth-order valence-corrected chi connectivity index (χ4v) is 4.33. The molecule has 2 aliphatic heterocycles. The lowest BCUT2D eigenvalue weighted by molar-refractivity contribution is -0.129. The fourth-order valence-electron chi connectivity index (χ4n) is 3.68. The number of carbonyl (C=O) groups is 1. The van der Waals surface area contributed by atoms with Crippen LogP contribution in [0.25, 0.3) is 11.3 Å². The molecule has 0 fully saturated rings. The molecule has 0 saturated heterocycles. The molecule has 166 valence electrons. The second kappa shape index (κ2) is 8.48. The summed E-state index contributed by atoms with van der Waals surface area (Å²) in [4.78, 5) is 18.1. The quantitative estimate of drug-likeness (QED) is 0.397. The van der Waals surface area contributed by atoms with Crippen LogP contribution in [-0.4, -0.2) is 33.2 Å². The highest BCUT2D eigenvalue weighted by Gasteiger charge is 2.31. The number of allylic oxidation sites excluding steroid dienone is 2. The molecule has 2 aliphatic rings. The van der Waals surface area contributed by atoms with Crippen LogP contribution in [0.4, 0.5) is 0 Å². The van der Waals surface area contributed by atoms with Crippen molar-refractivity contribution >= 4 is 34.5 Å². The Balaban J connectivity index is 1.69. The van der Waals surface area contributed by atoms with Crippen molar-refractivity contribution in [2.24, 2.45) is 4.99 Å². The topological polar surface area (TPSA) is 75.6 Å². The van der Waals surface area contributed by atoms with E-state index in [4.69, 9.17) is 23.7 Å². The minimum Gasteiger partial charge on any atom is -0.493 e. The first-order chi connectivity index (χ1) is 16.1. The third kappa shape index (κ3) is 3.64. The van der Waals surface area contributed by atoms with Gasteiger partial charge >= 0.3 is 5.97 Å². The molecule has 3 aromatic rings. The van der Waals surface area contributed by atoms with E-state index < -0.39 is 5.97 Å². The smallest absolute Gasteiger partial charge is 0.364 e. The number of benzene rings is 2. The molecule has 0 N–H and O–H groups in total. The first-order valence-electron chi connectivity index (χ1n) is 10.0. The van der Waals surface area contributed by atoms with Crippen molar-refractivity contribution in [3.63, 3.8) is 0 Å². The molecule has 0 aliphatic carbocycles. The van der Waals surface area contributed by atoms with Crippen LogP contribution in [0.3, 0.4) is 0 Å². The number of para-hydroxylation sites is 1. The predicted octanol–water partition coefficient (Wildman–Crippen LogP) is 4.92. The van der Waals surface area contributed by atoms with Gasteiger partial charge in [-0.15, -0.1) is 11.3 Å². The average molecular weight is 461 g/mol. The van der Waals surface area contributed by atoms with E-state index in [9.17, 15) is 4.79 Å². The third-order valence-corrected chi connectivity index (χ3v) is 6.06. The molecule has 0 unspecified atom stereocenters. The van der Waals surface area contributed by atoms with Crippen molar-refractivity contribution in [2.75, 3.05) is 21.3 Å². The molecule has 0 amide bonds. The number of methoxy groups -OCH3 is 3. The molecular weight excluding hydrogens is 442 g/mol. The fraction of sp³-hybridized carbons (Fsp3) is 0.120. The summed E-state index contributed by atoms with van der Waals surface area (Å²) in [5, 5.41) is 1.91. The zero-order chi connectivity index (χ0) is 22.9. The maximum Gasteiger partial charge on any atom is 0.364 e. The van der Waals surface area contributed by atoms with E-state index in [1.165, 1.54) is 11.3 Å². The molecule has 7 nitrogen and oxygen atoms in total. The van der Waals surface area contributed by atoms with Gasteiger partial charge in [-0.25, -0.2) is 9.79 Å². The molecule has 0 saturated carbocycles. The largest absolute Gasteiger partial charge is 0.493 e. The Kier molecular flexibility index (Phi) is 5.35. The molecule has 1 aromatic heterocycles. The van der Waals surface area contributed by atoms with Gasteiger partial charge in [0.1, 0.15) is 11.5 Å². The lowest BCUT2D eigenvalue weighted by atomic mass is 9.97. The number of nitrogens with zero attached hydrogens (tertiary/aromatic N) is 1. The number of rotatable bonds is 5. The summed E-state index contributed by atoms with van der Waals surface area (Å²) in [6.45, 7) is 0. The van der Waals surface area contributed by atoms with Crippen molar-refractivity contribution in [2.45, 2.75) is 0 Å². The first-order valence-corrected chi connectivity index (χ1v) is 10.9. The van der Waals surface area contributed by atoms with E-state index in [-0.39, 0.29) is 5.70 Å². The van der Waals surface area contributed by atoms with Crippen LogP contribution < -0.4 is 18.9 Å². The van der Waals surface area contributed by atoms with Crippen LogP contribution in [0.5, 0.6) is 23.0 Å². The molecule has 0 spiro atoms. The summed E-state index contributed by atoms with van der Waals surface area (Å²) in [5.41, 5.74) is 2.26. The molecule has 3 heterocycles. The van der Waals surface area contributed by atoms with E-state index >= 15 is 0 Å². The van der Waals surface area contributed by atoms with Crippen LogP contribution in [0.2, 0.25) is 0 Å².